The van der Waals surface area contributed by atoms with E-state index in [2.05, 4.69) is 10.6 Å². The summed E-state index contributed by atoms with van der Waals surface area (Å²) in [6, 6.07) is 2.70. The van der Waals surface area contributed by atoms with E-state index >= 15 is 0 Å². The molecule has 2 rings (SSSR count). The van der Waals surface area contributed by atoms with Crippen molar-refractivity contribution in [1.82, 2.24) is 5.32 Å². The third-order valence-corrected chi connectivity index (χ3v) is 2.42. The van der Waals surface area contributed by atoms with Gasteiger partial charge in [0.1, 0.15) is 23.5 Å². The molecule has 4 nitrogen and oxygen atoms in total. The molecule has 1 heterocycles. The van der Waals surface area contributed by atoms with Gasteiger partial charge in [-0.05, 0) is 25.0 Å². The van der Waals surface area contributed by atoms with Gasteiger partial charge in [0, 0.05) is 6.61 Å². The van der Waals surface area contributed by atoms with Crippen molar-refractivity contribution in [1.29, 1.82) is 0 Å². The fourth-order valence-electron chi connectivity index (χ4n) is 1.60. The van der Waals surface area contributed by atoms with Gasteiger partial charge in [0.25, 0.3) is 0 Å². The molecule has 1 aliphatic rings. The maximum absolute atomic E-state index is 13.2. The molecular formula is C11H12F2N2O2. The van der Waals surface area contributed by atoms with Crippen LogP contribution in [0.1, 0.15) is 12.8 Å². The first kappa shape index (κ1) is 11.8. The lowest BCUT2D eigenvalue weighted by Gasteiger charge is -2.13. The van der Waals surface area contributed by atoms with E-state index in [0.29, 0.717) is 13.0 Å². The number of carbonyl (C=O) groups is 1. The molecule has 0 aromatic heterocycles. The number of urea groups is 1. The molecule has 0 bridgehead atoms. The molecule has 2 N–H and O–H groups in total. The second-order valence-electron chi connectivity index (χ2n) is 3.70. The van der Waals surface area contributed by atoms with Crippen LogP contribution in [-0.2, 0) is 4.74 Å². The minimum atomic E-state index is -0.813. The Morgan fingerprint density at radius 2 is 2.06 bits per heavy atom. The molecule has 1 fully saturated rings. The summed E-state index contributed by atoms with van der Waals surface area (Å²) in [5.74, 6) is -1.63. The Kier molecular flexibility index (Phi) is 3.53. The van der Waals surface area contributed by atoms with Crippen LogP contribution >= 0.6 is 0 Å². The number of halogens is 2. The van der Waals surface area contributed by atoms with Crippen LogP contribution in [0.25, 0.3) is 0 Å². The van der Waals surface area contributed by atoms with Crippen molar-refractivity contribution in [2.24, 2.45) is 0 Å². The van der Waals surface area contributed by atoms with Gasteiger partial charge in [-0.3, -0.25) is 0 Å². The lowest BCUT2D eigenvalue weighted by molar-refractivity contribution is 0.0928. The summed E-state index contributed by atoms with van der Waals surface area (Å²) >= 11 is 0. The molecule has 2 amide bonds. The quantitative estimate of drug-likeness (QED) is 0.835. The molecule has 0 saturated carbocycles. The minimum absolute atomic E-state index is 0.384. The summed E-state index contributed by atoms with van der Waals surface area (Å²) in [6.45, 7) is 0.582. The van der Waals surface area contributed by atoms with Crippen LogP contribution in [0, 0.1) is 11.6 Å². The fraction of sp³-hybridized carbons (Fsp3) is 0.364. The number of hydrogen-bond donors (Lipinski definition) is 2. The molecule has 1 atom stereocenters. The van der Waals surface area contributed by atoms with Crippen LogP contribution in [0.5, 0.6) is 0 Å². The monoisotopic (exact) mass is 242 g/mol. The maximum Gasteiger partial charge on any atom is 0.321 e. The Morgan fingerprint density at radius 3 is 2.65 bits per heavy atom. The number of benzene rings is 1. The summed E-state index contributed by atoms with van der Waals surface area (Å²) in [5, 5.41) is 4.60. The average molecular weight is 242 g/mol. The zero-order chi connectivity index (χ0) is 12.3. The van der Waals surface area contributed by atoms with Crippen LogP contribution < -0.4 is 10.6 Å². The second kappa shape index (κ2) is 5.09. The highest BCUT2D eigenvalue weighted by Gasteiger charge is 2.19. The summed E-state index contributed by atoms with van der Waals surface area (Å²) in [4.78, 5) is 11.4. The van der Waals surface area contributed by atoms with Gasteiger partial charge in [0.2, 0.25) is 0 Å². The maximum atomic E-state index is 13.2. The molecule has 92 valence electrons. The summed E-state index contributed by atoms with van der Waals surface area (Å²) in [6.07, 6.45) is 1.18. The number of amides is 2. The molecule has 17 heavy (non-hydrogen) atoms. The summed E-state index contributed by atoms with van der Waals surface area (Å²) < 4.78 is 31.6. The number of rotatable bonds is 2. The van der Waals surface area contributed by atoms with Gasteiger partial charge in [-0.1, -0.05) is 6.07 Å². The molecule has 0 radical (unpaired) electrons. The largest absolute Gasteiger partial charge is 0.358 e. The molecule has 1 unspecified atom stereocenters. The number of carbonyl (C=O) groups excluding carboxylic acids is 1. The zero-order valence-electron chi connectivity index (χ0n) is 9.00. The molecule has 0 spiro atoms. The Hall–Kier alpha value is -1.69. The van der Waals surface area contributed by atoms with Crippen LogP contribution in [0.4, 0.5) is 19.3 Å². The minimum Gasteiger partial charge on any atom is -0.358 e. The first-order chi connectivity index (χ1) is 8.16. The number of anilines is 1. The predicted octanol–water partition coefficient (Wildman–Crippen LogP) is 2.22. The first-order valence-corrected chi connectivity index (χ1v) is 5.30. The normalized spacial score (nSPS) is 19.1. The van der Waals surface area contributed by atoms with Crippen molar-refractivity contribution >= 4 is 11.7 Å². The number of para-hydroxylation sites is 1. The van der Waals surface area contributed by atoms with Crippen molar-refractivity contribution in [2.75, 3.05) is 11.9 Å². The first-order valence-electron chi connectivity index (χ1n) is 5.30. The lowest BCUT2D eigenvalue weighted by Crippen LogP contribution is -2.37. The van der Waals surface area contributed by atoms with Crippen LogP contribution in [-0.4, -0.2) is 18.9 Å². The topological polar surface area (TPSA) is 50.4 Å². The molecule has 1 aromatic rings. The van der Waals surface area contributed by atoms with E-state index in [1.165, 1.54) is 6.07 Å². The third kappa shape index (κ3) is 2.91. The van der Waals surface area contributed by atoms with Gasteiger partial charge in [-0.15, -0.1) is 0 Å². The number of ether oxygens (including phenoxy) is 1. The Balaban J connectivity index is 1.97. The van der Waals surface area contributed by atoms with E-state index < -0.39 is 23.4 Å². The molecule has 1 aliphatic heterocycles. The molecule has 1 aromatic carbocycles. The molecule has 6 heteroatoms. The van der Waals surface area contributed by atoms with E-state index in [9.17, 15) is 13.6 Å². The van der Waals surface area contributed by atoms with Crippen molar-refractivity contribution < 1.29 is 18.3 Å². The van der Waals surface area contributed by atoms with Crippen molar-refractivity contribution in [3.8, 4) is 0 Å². The SMILES string of the molecule is O=C(Nc1c(F)cccc1F)NC1CCCO1. The Labute approximate surface area is 97.0 Å². The van der Waals surface area contributed by atoms with Crippen molar-refractivity contribution in [3.05, 3.63) is 29.8 Å². The average Bonchev–Trinajstić information content (AvgIpc) is 2.76. The van der Waals surface area contributed by atoms with E-state index in [4.69, 9.17) is 4.74 Å². The Morgan fingerprint density at radius 1 is 1.35 bits per heavy atom. The predicted molar refractivity (Wildman–Crippen MR) is 57.5 cm³/mol. The highest BCUT2D eigenvalue weighted by Crippen LogP contribution is 2.18. The van der Waals surface area contributed by atoms with E-state index in [-0.39, 0.29) is 6.23 Å². The van der Waals surface area contributed by atoms with Crippen molar-refractivity contribution in [2.45, 2.75) is 19.1 Å². The van der Waals surface area contributed by atoms with Gasteiger partial charge < -0.3 is 15.4 Å². The highest BCUT2D eigenvalue weighted by atomic mass is 19.1. The standard InChI is InChI=1S/C11H12F2N2O2/c12-7-3-1-4-8(13)10(7)15-11(16)14-9-5-2-6-17-9/h1,3-4,9H,2,5-6H2,(H2,14,15,16). The fourth-order valence-corrected chi connectivity index (χ4v) is 1.60. The van der Waals surface area contributed by atoms with Gasteiger partial charge in [0.15, 0.2) is 0 Å². The second-order valence-corrected chi connectivity index (χ2v) is 3.70. The van der Waals surface area contributed by atoms with E-state index in [1.807, 2.05) is 0 Å². The molecule has 0 aliphatic carbocycles. The third-order valence-electron chi connectivity index (χ3n) is 2.42. The lowest BCUT2D eigenvalue weighted by atomic mass is 10.3. The molecule has 1 saturated heterocycles. The number of hydrogen-bond acceptors (Lipinski definition) is 2. The van der Waals surface area contributed by atoms with E-state index in [0.717, 1.165) is 18.6 Å². The summed E-state index contributed by atoms with van der Waals surface area (Å²) in [5.41, 5.74) is -0.456. The van der Waals surface area contributed by atoms with Crippen LogP contribution in [0.2, 0.25) is 0 Å². The van der Waals surface area contributed by atoms with E-state index in [1.54, 1.807) is 0 Å². The highest BCUT2D eigenvalue weighted by molar-refractivity contribution is 5.89. The number of nitrogens with one attached hydrogen (secondary N) is 2. The zero-order valence-corrected chi connectivity index (χ0v) is 9.00. The smallest absolute Gasteiger partial charge is 0.321 e. The van der Waals surface area contributed by atoms with Gasteiger partial charge in [-0.25, -0.2) is 13.6 Å². The van der Waals surface area contributed by atoms with Crippen molar-refractivity contribution in [3.63, 3.8) is 0 Å². The Bertz CT molecular complexity index is 400. The van der Waals surface area contributed by atoms with Crippen LogP contribution in [0.3, 0.4) is 0 Å². The van der Waals surface area contributed by atoms with Crippen LogP contribution in [0.15, 0.2) is 18.2 Å². The summed E-state index contributed by atoms with van der Waals surface area (Å²) in [7, 11) is 0. The van der Waals surface area contributed by atoms with Gasteiger partial charge in [-0.2, -0.15) is 0 Å². The van der Waals surface area contributed by atoms with Gasteiger partial charge in [0.05, 0.1) is 0 Å². The molecular weight excluding hydrogens is 230 g/mol. The van der Waals surface area contributed by atoms with Gasteiger partial charge >= 0.3 is 6.03 Å².